The summed E-state index contributed by atoms with van der Waals surface area (Å²) in [5.41, 5.74) is 5.52. The summed E-state index contributed by atoms with van der Waals surface area (Å²) < 4.78 is 0. The molecule has 1 amide bonds. The van der Waals surface area contributed by atoms with Crippen LogP contribution < -0.4 is 5.73 Å². The zero-order valence-electron chi connectivity index (χ0n) is 7.70. The van der Waals surface area contributed by atoms with E-state index < -0.39 is 0 Å². The van der Waals surface area contributed by atoms with Gasteiger partial charge in [-0.05, 0) is 55.3 Å². The highest BCUT2D eigenvalue weighted by Crippen LogP contribution is 2.77. The van der Waals surface area contributed by atoms with Crippen LogP contribution in [0.3, 0.4) is 0 Å². The van der Waals surface area contributed by atoms with Gasteiger partial charge >= 0.3 is 0 Å². The lowest BCUT2D eigenvalue weighted by molar-refractivity contribution is -0.135. The van der Waals surface area contributed by atoms with Crippen LogP contribution in [0.5, 0.6) is 0 Å². The third-order valence-electron chi connectivity index (χ3n) is 5.44. The first-order valence-corrected chi connectivity index (χ1v) is 5.51. The maximum Gasteiger partial charge on any atom is 0.223 e. The second-order valence-electron chi connectivity index (χ2n) is 5.83. The second kappa shape index (κ2) is 1.67. The smallest absolute Gasteiger partial charge is 0.223 e. The number of primary amides is 1. The Hall–Kier alpha value is -0.530. The summed E-state index contributed by atoms with van der Waals surface area (Å²) >= 11 is 0. The van der Waals surface area contributed by atoms with E-state index in [9.17, 15) is 4.79 Å². The molecule has 4 atom stereocenters. The minimum absolute atomic E-state index is 0.00556. The Bertz CT molecular complexity index is 293. The van der Waals surface area contributed by atoms with Crippen molar-refractivity contribution < 1.29 is 4.79 Å². The van der Waals surface area contributed by atoms with E-state index in [0.29, 0.717) is 0 Å². The lowest BCUT2D eigenvalue weighted by Crippen LogP contribution is -2.47. The molecule has 0 heterocycles. The summed E-state index contributed by atoms with van der Waals surface area (Å²) in [5.74, 6) is 4.75. The molecule has 5 rings (SSSR count). The second-order valence-corrected chi connectivity index (χ2v) is 5.83. The predicted molar refractivity (Wildman–Crippen MR) is 47.5 cm³/mol. The molecule has 0 aromatic heterocycles. The Kier molecular flexibility index (Phi) is 0.879. The normalized spacial score (nSPS) is 65.4. The molecule has 0 aromatic rings. The van der Waals surface area contributed by atoms with E-state index in [1.165, 1.54) is 6.42 Å². The summed E-state index contributed by atoms with van der Waals surface area (Å²) in [6.45, 7) is 0. The van der Waals surface area contributed by atoms with Crippen LogP contribution in [-0.4, -0.2) is 5.91 Å². The third-order valence-corrected chi connectivity index (χ3v) is 5.44. The minimum Gasteiger partial charge on any atom is -0.369 e. The summed E-state index contributed by atoms with van der Waals surface area (Å²) in [5, 5.41) is 0. The number of carbonyl (C=O) groups excluding carboxylic acids is 1. The summed E-state index contributed by atoms with van der Waals surface area (Å²) in [6.07, 6.45) is 4.83. The molecule has 4 bridgehead atoms. The van der Waals surface area contributed by atoms with Crippen LogP contribution in [0.15, 0.2) is 0 Å². The molecular weight excluding hydrogens is 162 g/mol. The Morgan fingerprint density at radius 3 is 2.23 bits per heavy atom. The first-order valence-electron chi connectivity index (χ1n) is 5.51. The van der Waals surface area contributed by atoms with Gasteiger partial charge in [0.2, 0.25) is 5.91 Å². The molecule has 0 aromatic carbocycles. The highest BCUT2D eigenvalue weighted by Gasteiger charge is 2.73. The number of nitrogens with two attached hydrogens (primary N) is 1. The number of rotatable bonds is 1. The number of carbonyl (C=O) groups is 1. The molecule has 0 spiro atoms. The number of amides is 1. The molecule has 70 valence electrons. The van der Waals surface area contributed by atoms with Gasteiger partial charge in [-0.25, -0.2) is 0 Å². The molecule has 0 saturated heterocycles. The van der Waals surface area contributed by atoms with E-state index in [-0.39, 0.29) is 11.3 Å². The first kappa shape index (κ1) is 6.86. The van der Waals surface area contributed by atoms with E-state index in [1.54, 1.807) is 0 Å². The van der Waals surface area contributed by atoms with E-state index in [2.05, 4.69) is 0 Å². The molecule has 2 N–H and O–H groups in total. The summed E-state index contributed by atoms with van der Waals surface area (Å²) in [4.78, 5) is 11.5. The van der Waals surface area contributed by atoms with Crippen molar-refractivity contribution in [3.05, 3.63) is 0 Å². The molecule has 2 heteroatoms. The highest BCUT2D eigenvalue weighted by atomic mass is 16.1. The van der Waals surface area contributed by atoms with Gasteiger partial charge < -0.3 is 5.73 Å². The molecule has 5 saturated carbocycles. The van der Waals surface area contributed by atoms with Crippen LogP contribution in [-0.2, 0) is 4.79 Å². The zero-order chi connectivity index (χ0) is 8.79. The number of hydrogen-bond acceptors (Lipinski definition) is 1. The fourth-order valence-corrected chi connectivity index (χ4v) is 5.18. The van der Waals surface area contributed by atoms with Gasteiger partial charge in [0.25, 0.3) is 0 Å². The first-order chi connectivity index (χ1) is 6.21. The van der Waals surface area contributed by atoms with Gasteiger partial charge in [-0.2, -0.15) is 0 Å². The van der Waals surface area contributed by atoms with E-state index >= 15 is 0 Å². The summed E-state index contributed by atoms with van der Waals surface area (Å²) in [7, 11) is 0. The predicted octanol–water partition coefficient (Wildman–Crippen LogP) is 1.15. The average molecular weight is 177 g/mol. The van der Waals surface area contributed by atoms with Gasteiger partial charge in [-0.15, -0.1) is 0 Å². The largest absolute Gasteiger partial charge is 0.369 e. The van der Waals surface area contributed by atoms with Crippen molar-refractivity contribution in [1.29, 1.82) is 0 Å². The lowest BCUT2D eigenvalue weighted by Gasteiger charge is -2.46. The third kappa shape index (κ3) is 0.570. The van der Waals surface area contributed by atoms with E-state index in [0.717, 1.165) is 48.9 Å². The molecule has 5 aliphatic carbocycles. The molecular formula is C11H15NO. The van der Waals surface area contributed by atoms with E-state index in [4.69, 9.17) is 5.73 Å². The fourth-order valence-electron chi connectivity index (χ4n) is 5.18. The molecule has 0 radical (unpaired) electrons. The van der Waals surface area contributed by atoms with E-state index in [1.807, 2.05) is 0 Å². The van der Waals surface area contributed by atoms with Crippen LogP contribution in [0.4, 0.5) is 0 Å². The Morgan fingerprint density at radius 2 is 1.77 bits per heavy atom. The summed E-state index contributed by atoms with van der Waals surface area (Å²) in [6, 6.07) is 0. The van der Waals surface area contributed by atoms with Crippen molar-refractivity contribution in [2.24, 2.45) is 40.7 Å². The topological polar surface area (TPSA) is 43.1 Å². The Morgan fingerprint density at radius 1 is 1.15 bits per heavy atom. The van der Waals surface area contributed by atoms with Gasteiger partial charge in [-0.3, -0.25) is 4.79 Å². The van der Waals surface area contributed by atoms with Crippen LogP contribution in [0.1, 0.15) is 25.7 Å². The van der Waals surface area contributed by atoms with Crippen molar-refractivity contribution in [2.45, 2.75) is 25.7 Å². The van der Waals surface area contributed by atoms with Crippen LogP contribution >= 0.6 is 0 Å². The van der Waals surface area contributed by atoms with Gasteiger partial charge in [0.1, 0.15) is 0 Å². The van der Waals surface area contributed by atoms with Crippen LogP contribution in [0.2, 0.25) is 0 Å². The maximum atomic E-state index is 11.5. The fraction of sp³-hybridized carbons (Fsp3) is 0.909. The Balaban J connectivity index is 1.81. The molecule has 2 nitrogen and oxygen atoms in total. The maximum absolute atomic E-state index is 11.5. The van der Waals surface area contributed by atoms with Crippen molar-refractivity contribution in [2.75, 3.05) is 0 Å². The quantitative estimate of drug-likeness (QED) is 0.641. The molecule has 0 aliphatic heterocycles. The highest BCUT2D eigenvalue weighted by molar-refractivity contribution is 5.81. The van der Waals surface area contributed by atoms with Crippen molar-refractivity contribution in [3.63, 3.8) is 0 Å². The lowest BCUT2D eigenvalue weighted by atomic mass is 9.58. The van der Waals surface area contributed by atoms with Gasteiger partial charge in [0.15, 0.2) is 0 Å². The number of hydrogen-bond donors (Lipinski definition) is 1. The van der Waals surface area contributed by atoms with Gasteiger partial charge in [0.05, 0.1) is 0 Å². The average Bonchev–Trinajstić information content (AvgIpc) is 2.71. The van der Waals surface area contributed by atoms with Crippen LogP contribution in [0, 0.1) is 35.0 Å². The molecule has 5 fully saturated rings. The minimum atomic E-state index is -0.0399. The van der Waals surface area contributed by atoms with Crippen molar-refractivity contribution in [1.82, 2.24) is 0 Å². The standard InChI is InChI=1S/C11H15NO/c12-10(13)11-2-5-1-6(3-11)9-7(4-11)8(5)9/h5-9H,1-4H2,(H2,12,13). The molecule has 13 heavy (non-hydrogen) atoms. The SMILES string of the molecule is NC(=O)C12CC3CC(C1)C1C(C2)C31. The van der Waals surface area contributed by atoms with Crippen molar-refractivity contribution >= 4 is 5.91 Å². The van der Waals surface area contributed by atoms with Crippen molar-refractivity contribution in [3.8, 4) is 0 Å². The monoisotopic (exact) mass is 177 g/mol. The van der Waals surface area contributed by atoms with Gasteiger partial charge in [-0.1, -0.05) is 0 Å². The van der Waals surface area contributed by atoms with Crippen LogP contribution in [0.25, 0.3) is 0 Å². The zero-order valence-corrected chi connectivity index (χ0v) is 7.70. The molecule has 4 unspecified atom stereocenters. The molecule has 5 aliphatic rings. The Labute approximate surface area is 77.9 Å². The van der Waals surface area contributed by atoms with Gasteiger partial charge in [0, 0.05) is 5.41 Å².